The summed E-state index contributed by atoms with van der Waals surface area (Å²) < 4.78 is 6.15. The molecular formula is C22H22O3S. The quantitative estimate of drug-likeness (QED) is 0.752. The van der Waals surface area contributed by atoms with Gasteiger partial charge in [0.1, 0.15) is 5.92 Å². The van der Waals surface area contributed by atoms with Crippen molar-refractivity contribution < 1.29 is 14.3 Å². The molecule has 1 unspecified atom stereocenters. The second-order valence-electron chi connectivity index (χ2n) is 8.10. The third-order valence-corrected chi connectivity index (χ3v) is 7.52. The first-order valence-corrected chi connectivity index (χ1v) is 10.2. The lowest BCUT2D eigenvalue weighted by molar-refractivity contribution is -0.127. The Labute approximate surface area is 157 Å². The van der Waals surface area contributed by atoms with Crippen molar-refractivity contribution in [3.63, 3.8) is 0 Å². The maximum atomic E-state index is 13.4. The molecule has 1 aromatic heterocycles. The Hall–Kier alpha value is -1.78. The van der Waals surface area contributed by atoms with Gasteiger partial charge >= 0.3 is 0 Å². The van der Waals surface area contributed by atoms with E-state index in [0.717, 1.165) is 23.1 Å². The highest BCUT2D eigenvalue weighted by Crippen LogP contribution is 2.57. The predicted octanol–water partition coefficient (Wildman–Crippen LogP) is 4.10. The number of fused-ring (bicyclic) bond motifs is 5. The van der Waals surface area contributed by atoms with Gasteiger partial charge in [-0.25, -0.2) is 0 Å². The third kappa shape index (κ3) is 2.09. The number of ketones is 2. The van der Waals surface area contributed by atoms with Gasteiger partial charge in [-0.3, -0.25) is 9.59 Å². The Balaban J connectivity index is 1.54. The van der Waals surface area contributed by atoms with Crippen LogP contribution in [-0.2, 0) is 14.3 Å². The number of carbonyl (C=O) groups excluding carboxylic acids is 2. The lowest BCUT2D eigenvalue weighted by Gasteiger charge is -2.25. The van der Waals surface area contributed by atoms with E-state index in [-0.39, 0.29) is 41.5 Å². The Morgan fingerprint density at radius 1 is 1.04 bits per heavy atom. The van der Waals surface area contributed by atoms with Crippen molar-refractivity contribution in [2.75, 3.05) is 0 Å². The van der Waals surface area contributed by atoms with E-state index in [9.17, 15) is 9.59 Å². The molecule has 2 aromatic rings. The Bertz CT molecular complexity index is 890. The standard InChI is InChI=1S/C22H22O3S/c1-10-7-11(2)16(12(3)8-10)18-20(23)17-14-9-13(15-5-4-6-26-15)22(25-14)19(17)21(18)24/h4-8,13-14,17-19,22H,9H2,1-3H3/t13-,14-,17-,18?,19+,22+/m0/s1. The predicted molar refractivity (Wildman–Crippen MR) is 101 cm³/mol. The van der Waals surface area contributed by atoms with E-state index >= 15 is 0 Å². The van der Waals surface area contributed by atoms with E-state index in [1.807, 2.05) is 19.9 Å². The minimum atomic E-state index is -0.596. The molecule has 0 spiro atoms. The number of Topliss-reactive ketones (excluding diaryl/α,β-unsaturated/α-hetero) is 2. The molecule has 2 saturated heterocycles. The molecule has 2 aliphatic heterocycles. The lowest BCUT2D eigenvalue weighted by atomic mass is 9.75. The minimum absolute atomic E-state index is 0.0869. The Morgan fingerprint density at radius 3 is 2.38 bits per heavy atom. The number of ether oxygens (including phenoxy) is 1. The molecule has 1 saturated carbocycles. The summed E-state index contributed by atoms with van der Waals surface area (Å²) in [6.45, 7) is 6.09. The molecule has 6 atom stereocenters. The van der Waals surface area contributed by atoms with E-state index in [1.165, 1.54) is 10.4 Å². The van der Waals surface area contributed by atoms with Crippen molar-refractivity contribution in [2.45, 2.75) is 51.2 Å². The maximum Gasteiger partial charge on any atom is 0.154 e. The molecule has 0 amide bonds. The molecule has 5 rings (SSSR count). The fourth-order valence-electron chi connectivity index (χ4n) is 5.67. The molecule has 26 heavy (non-hydrogen) atoms. The van der Waals surface area contributed by atoms with Gasteiger partial charge in [-0.1, -0.05) is 23.8 Å². The summed E-state index contributed by atoms with van der Waals surface area (Å²) in [4.78, 5) is 27.9. The minimum Gasteiger partial charge on any atom is -0.373 e. The molecule has 134 valence electrons. The van der Waals surface area contributed by atoms with Crippen LogP contribution in [0.15, 0.2) is 29.6 Å². The van der Waals surface area contributed by atoms with Crippen LogP contribution in [0.2, 0.25) is 0 Å². The first kappa shape index (κ1) is 16.4. The van der Waals surface area contributed by atoms with Gasteiger partial charge in [0.25, 0.3) is 0 Å². The smallest absolute Gasteiger partial charge is 0.154 e. The van der Waals surface area contributed by atoms with Crippen LogP contribution in [0.4, 0.5) is 0 Å². The van der Waals surface area contributed by atoms with Crippen LogP contribution in [0.25, 0.3) is 0 Å². The van der Waals surface area contributed by atoms with Crippen molar-refractivity contribution in [2.24, 2.45) is 11.8 Å². The van der Waals surface area contributed by atoms with Gasteiger partial charge in [0.05, 0.1) is 24.0 Å². The van der Waals surface area contributed by atoms with Crippen molar-refractivity contribution in [3.8, 4) is 0 Å². The average Bonchev–Trinajstić information content (AvgIpc) is 3.33. The molecule has 4 heteroatoms. The summed E-state index contributed by atoms with van der Waals surface area (Å²) in [5.74, 6) is -0.665. The summed E-state index contributed by atoms with van der Waals surface area (Å²) in [5.41, 5.74) is 4.21. The largest absolute Gasteiger partial charge is 0.373 e. The molecule has 3 aliphatic rings. The van der Waals surface area contributed by atoms with Gasteiger partial charge in [-0.15, -0.1) is 11.3 Å². The molecule has 0 N–H and O–H groups in total. The van der Waals surface area contributed by atoms with E-state index in [0.29, 0.717) is 0 Å². The highest BCUT2D eigenvalue weighted by molar-refractivity contribution is 7.10. The van der Waals surface area contributed by atoms with Crippen LogP contribution in [0, 0.1) is 32.6 Å². The van der Waals surface area contributed by atoms with Gasteiger partial charge in [-0.2, -0.15) is 0 Å². The normalized spacial score (nSPS) is 35.3. The fourth-order valence-corrected chi connectivity index (χ4v) is 6.55. The second-order valence-corrected chi connectivity index (χ2v) is 9.08. The van der Waals surface area contributed by atoms with E-state index in [2.05, 4.69) is 30.5 Å². The molecule has 1 aliphatic carbocycles. The van der Waals surface area contributed by atoms with Crippen LogP contribution in [0.5, 0.6) is 0 Å². The van der Waals surface area contributed by atoms with Crippen LogP contribution < -0.4 is 0 Å². The molecule has 3 nitrogen and oxygen atoms in total. The first-order chi connectivity index (χ1) is 12.5. The summed E-state index contributed by atoms with van der Waals surface area (Å²) in [6, 6.07) is 8.33. The number of hydrogen-bond acceptors (Lipinski definition) is 4. The molecule has 3 heterocycles. The summed E-state index contributed by atoms with van der Waals surface area (Å²) in [7, 11) is 0. The van der Waals surface area contributed by atoms with Gasteiger partial charge in [0.15, 0.2) is 11.6 Å². The van der Waals surface area contributed by atoms with E-state index in [1.54, 1.807) is 11.3 Å². The summed E-state index contributed by atoms with van der Waals surface area (Å²) in [5, 5.41) is 2.07. The first-order valence-electron chi connectivity index (χ1n) is 9.31. The number of rotatable bonds is 2. The molecule has 0 radical (unpaired) electrons. The number of benzene rings is 1. The zero-order chi connectivity index (χ0) is 18.2. The van der Waals surface area contributed by atoms with Crippen LogP contribution in [0.3, 0.4) is 0 Å². The topological polar surface area (TPSA) is 43.4 Å². The molecule has 1 aromatic carbocycles. The zero-order valence-electron chi connectivity index (χ0n) is 15.2. The molecule has 3 fully saturated rings. The Morgan fingerprint density at radius 2 is 1.73 bits per heavy atom. The van der Waals surface area contributed by atoms with Gasteiger partial charge in [0.2, 0.25) is 0 Å². The van der Waals surface area contributed by atoms with E-state index < -0.39 is 5.92 Å². The number of hydrogen-bond donors (Lipinski definition) is 0. The summed E-state index contributed by atoms with van der Waals surface area (Å²) >= 11 is 1.72. The van der Waals surface area contributed by atoms with Crippen LogP contribution in [0.1, 0.15) is 45.4 Å². The second kappa shape index (κ2) is 5.61. The van der Waals surface area contributed by atoms with Gasteiger partial charge < -0.3 is 4.74 Å². The van der Waals surface area contributed by atoms with Gasteiger partial charge in [0, 0.05) is 10.8 Å². The summed E-state index contributed by atoms with van der Waals surface area (Å²) in [6.07, 6.45) is 0.644. The third-order valence-electron chi connectivity index (χ3n) is 6.52. The lowest BCUT2D eigenvalue weighted by Crippen LogP contribution is -2.33. The number of aryl methyl sites for hydroxylation is 3. The van der Waals surface area contributed by atoms with Crippen molar-refractivity contribution in [1.29, 1.82) is 0 Å². The fraction of sp³-hybridized carbons (Fsp3) is 0.455. The monoisotopic (exact) mass is 366 g/mol. The Kier molecular flexibility index (Phi) is 3.54. The van der Waals surface area contributed by atoms with Crippen molar-refractivity contribution >= 4 is 22.9 Å². The highest BCUT2D eigenvalue weighted by atomic mass is 32.1. The van der Waals surface area contributed by atoms with Crippen molar-refractivity contribution in [1.82, 2.24) is 0 Å². The zero-order valence-corrected chi connectivity index (χ0v) is 16.0. The highest BCUT2D eigenvalue weighted by Gasteiger charge is 2.66. The number of carbonyl (C=O) groups is 2. The van der Waals surface area contributed by atoms with Crippen LogP contribution >= 0.6 is 11.3 Å². The van der Waals surface area contributed by atoms with Crippen LogP contribution in [-0.4, -0.2) is 23.8 Å². The average molecular weight is 366 g/mol. The van der Waals surface area contributed by atoms with E-state index in [4.69, 9.17) is 4.74 Å². The van der Waals surface area contributed by atoms with Gasteiger partial charge in [-0.05, 0) is 55.3 Å². The molecule has 2 bridgehead atoms. The molecular weight excluding hydrogens is 344 g/mol. The maximum absolute atomic E-state index is 13.4. The number of thiophene rings is 1. The SMILES string of the molecule is Cc1cc(C)c(C2C(=O)[C@@H]3[C@@H]4O[C@@H](C[C@H]4c4cccs4)[C@@H]3C2=O)c(C)c1. The van der Waals surface area contributed by atoms with Crippen molar-refractivity contribution in [3.05, 3.63) is 56.8 Å².